The maximum atomic E-state index is 12.5. The minimum absolute atomic E-state index is 0.211. The van der Waals surface area contributed by atoms with Crippen LogP contribution in [0.25, 0.3) is 10.9 Å². The molecule has 1 amide bonds. The van der Waals surface area contributed by atoms with Gasteiger partial charge in [-0.15, -0.1) is 0 Å². The third kappa shape index (κ3) is 2.42. The molecule has 0 saturated heterocycles. The van der Waals surface area contributed by atoms with E-state index in [2.05, 4.69) is 16.4 Å². The minimum Gasteiger partial charge on any atom is -0.493 e. The molecular formula is C17H17N3O4. The monoisotopic (exact) mass is 327 g/mol. The molecule has 1 aromatic carbocycles. The van der Waals surface area contributed by atoms with E-state index in [4.69, 9.17) is 14.2 Å². The second-order valence-corrected chi connectivity index (χ2v) is 5.21. The number of nitrogens with zero attached hydrogens (tertiary/aromatic N) is 1. The standard InChI is InChI=1S/C17H17N3O4/c1-4-24-17-9(8-18)5-11-10-6-13(22-2)14(23-3)7-12(10)19-15(11)16(21)20-17/h6-7,19H,4-5H2,1-3H3,(H,20,21). The Morgan fingerprint density at radius 2 is 1.96 bits per heavy atom. The summed E-state index contributed by atoms with van der Waals surface area (Å²) < 4.78 is 16.0. The smallest absolute Gasteiger partial charge is 0.274 e. The number of carbonyl (C=O) groups excluding carboxylic acids is 1. The number of allylic oxidation sites excluding steroid dienone is 1. The van der Waals surface area contributed by atoms with E-state index in [0.717, 1.165) is 16.5 Å². The van der Waals surface area contributed by atoms with E-state index >= 15 is 0 Å². The number of aromatic nitrogens is 1. The Labute approximate surface area is 138 Å². The van der Waals surface area contributed by atoms with Gasteiger partial charge in [0.25, 0.3) is 5.91 Å². The number of methoxy groups -OCH3 is 2. The van der Waals surface area contributed by atoms with Crippen LogP contribution >= 0.6 is 0 Å². The summed E-state index contributed by atoms with van der Waals surface area (Å²) in [5.41, 5.74) is 2.25. The Bertz CT molecular complexity index is 889. The zero-order valence-electron chi connectivity index (χ0n) is 13.6. The lowest BCUT2D eigenvalue weighted by Crippen LogP contribution is -2.24. The third-order valence-electron chi connectivity index (χ3n) is 3.92. The first-order valence-electron chi connectivity index (χ1n) is 7.46. The number of rotatable bonds is 4. The van der Waals surface area contributed by atoms with E-state index in [1.54, 1.807) is 33.3 Å². The van der Waals surface area contributed by atoms with Gasteiger partial charge < -0.3 is 19.2 Å². The second-order valence-electron chi connectivity index (χ2n) is 5.21. The molecule has 24 heavy (non-hydrogen) atoms. The molecule has 0 spiro atoms. The Hall–Kier alpha value is -3.14. The van der Waals surface area contributed by atoms with E-state index in [1.165, 1.54) is 0 Å². The Morgan fingerprint density at radius 3 is 2.58 bits per heavy atom. The van der Waals surface area contributed by atoms with Gasteiger partial charge in [0.15, 0.2) is 11.5 Å². The first kappa shape index (κ1) is 15.7. The quantitative estimate of drug-likeness (QED) is 0.898. The summed E-state index contributed by atoms with van der Waals surface area (Å²) in [6.07, 6.45) is 0.287. The number of ether oxygens (including phenoxy) is 3. The molecule has 2 aromatic rings. The Balaban J connectivity index is 2.21. The topological polar surface area (TPSA) is 96.4 Å². The normalized spacial score (nSPS) is 13.8. The Kier molecular flexibility index (Phi) is 4.04. The van der Waals surface area contributed by atoms with Crippen molar-refractivity contribution in [2.75, 3.05) is 20.8 Å². The van der Waals surface area contributed by atoms with Crippen LogP contribution in [-0.4, -0.2) is 31.7 Å². The van der Waals surface area contributed by atoms with Gasteiger partial charge in [-0.1, -0.05) is 0 Å². The molecule has 0 atom stereocenters. The van der Waals surface area contributed by atoms with Crippen molar-refractivity contribution in [1.29, 1.82) is 5.26 Å². The number of nitriles is 1. The molecule has 1 aliphatic rings. The molecule has 0 radical (unpaired) electrons. The van der Waals surface area contributed by atoms with Gasteiger partial charge in [0, 0.05) is 17.9 Å². The van der Waals surface area contributed by atoms with Gasteiger partial charge in [-0.3, -0.25) is 10.1 Å². The van der Waals surface area contributed by atoms with Gasteiger partial charge in [0.05, 0.1) is 31.9 Å². The lowest BCUT2D eigenvalue weighted by molar-refractivity contribution is 0.0919. The van der Waals surface area contributed by atoms with Crippen molar-refractivity contribution < 1.29 is 19.0 Å². The predicted molar refractivity (Wildman–Crippen MR) is 86.8 cm³/mol. The van der Waals surface area contributed by atoms with Crippen molar-refractivity contribution in [1.82, 2.24) is 10.3 Å². The molecule has 3 rings (SSSR count). The third-order valence-corrected chi connectivity index (χ3v) is 3.92. The minimum atomic E-state index is -0.340. The summed E-state index contributed by atoms with van der Waals surface area (Å²) in [5.74, 6) is 0.993. The molecule has 1 aromatic heterocycles. The summed E-state index contributed by atoms with van der Waals surface area (Å²) in [4.78, 5) is 15.6. The van der Waals surface area contributed by atoms with Crippen LogP contribution in [0.4, 0.5) is 0 Å². The lowest BCUT2D eigenvalue weighted by Gasteiger charge is -2.09. The molecule has 0 saturated carbocycles. The zero-order chi connectivity index (χ0) is 17.3. The molecule has 0 bridgehead atoms. The van der Waals surface area contributed by atoms with Crippen molar-refractivity contribution in [3.05, 3.63) is 34.8 Å². The molecule has 1 aliphatic heterocycles. The average molecular weight is 327 g/mol. The van der Waals surface area contributed by atoms with Gasteiger partial charge in [-0.25, -0.2) is 0 Å². The highest BCUT2D eigenvalue weighted by Gasteiger charge is 2.27. The van der Waals surface area contributed by atoms with Crippen LogP contribution in [0.15, 0.2) is 23.6 Å². The molecule has 124 valence electrons. The van der Waals surface area contributed by atoms with E-state index in [0.29, 0.717) is 29.4 Å². The number of benzene rings is 1. The highest BCUT2D eigenvalue weighted by atomic mass is 16.5. The first-order valence-corrected chi connectivity index (χ1v) is 7.46. The largest absolute Gasteiger partial charge is 0.493 e. The summed E-state index contributed by atoms with van der Waals surface area (Å²) in [5, 5.41) is 12.9. The maximum Gasteiger partial charge on any atom is 0.274 e. The summed E-state index contributed by atoms with van der Waals surface area (Å²) >= 11 is 0. The van der Waals surface area contributed by atoms with Crippen LogP contribution in [0, 0.1) is 11.3 Å². The molecule has 7 heteroatoms. The molecule has 2 heterocycles. The maximum absolute atomic E-state index is 12.5. The number of aromatic amines is 1. The number of nitrogens with one attached hydrogen (secondary N) is 2. The molecular weight excluding hydrogens is 310 g/mol. The van der Waals surface area contributed by atoms with Crippen molar-refractivity contribution in [2.24, 2.45) is 0 Å². The van der Waals surface area contributed by atoms with Crippen molar-refractivity contribution in [2.45, 2.75) is 13.3 Å². The average Bonchev–Trinajstić information content (AvgIpc) is 2.88. The van der Waals surface area contributed by atoms with E-state index < -0.39 is 0 Å². The van der Waals surface area contributed by atoms with Gasteiger partial charge in [-0.05, 0) is 18.6 Å². The fourth-order valence-electron chi connectivity index (χ4n) is 2.81. The SMILES string of the molecule is CCOC1=C(C#N)Cc2c([nH]c3cc(OC)c(OC)cc23)C(=O)N1. The molecule has 2 N–H and O–H groups in total. The van der Waals surface area contributed by atoms with Gasteiger partial charge in [0.2, 0.25) is 5.88 Å². The lowest BCUT2D eigenvalue weighted by atomic mass is 10.0. The molecule has 0 fully saturated rings. The van der Waals surface area contributed by atoms with Crippen LogP contribution in [0.3, 0.4) is 0 Å². The van der Waals surface area contributed by atoms with Gasteiger partial charge in [-0.2, -0.15) is 5.26 Å². The summed E-state index contributed by atoms with van der Waals surface area (Å²) in [7, 11) is 3.10. The summed E-state index contributed by atoms with van der Waals surface area (Å²) in [6.45, 7) is 2.16. The van der Waals surface area contributed by atoms with Gasteiger partial charge >= 0.3 is 0 Å². The number of amides is 1. The molecule has 0 aliphatic carbocycles. The number of hydrogen-bond acceptors (Lipinski definition) is 5. The number of carbonyl (C=O) groups is 1. The van der Waals surface area contributed by atoms with Crippen LogP contribution in [-0.2, 0) is 11.2 Å². The molecule has 0 unspecified atom stereocenters. The van der Waals surface area contributed by atoms with E-state index in [1.807, 2.05) is 0 Å². The number of H-pyrrole nitrogens is 1. The van der Waals surface area contributed by atoms with Crippen LogP contribution in [0.5, 0.6) is 11.5 Å². The fourth-order valence-corrected chi connectivity index (χ4v) is 2.81. The Morgan fingerprint density at radius 1 is 1.25 bits per heavy atom. The van der Waals surface area contributed by atoms with Crippen molar-refractivity contribution >= 4 is 16.8 Å². The second kappa shape index (κ2) is 6.16. The van der Waals surface area contributed by atoms with Crippen molar-refractivity contribution in [3.63, 3.8) is 0 Å². The van der Waals surface area contributed by atoms with Crippen molar-refractivity contribution in [3.8, 4) is 17.6 Å². The van der Waals surface area contributed by atoms with Crippen LogP contribution in [0.1, 0.15) is 23.0 Å². The molecule has 7 nitrogen and oxygen atoms in total. The fraction of sp³-hybridized carbons (Fsp3) is 0.294. The zero-order valence-corrected chi connectivity index (χ0v) is 13.6. The highest BCUT2D eigenvalue weighted by molar-refractivity contribution is 6.03. The summed E-state index contributed by atoms with van der Waals surface area (Å²) in [6, 6.07) is 5.69. The van der Waals surface area contributed by atoms with E-state index in [9.17, 15) is 10.1 Å². The van der Waals surface area contributed by atoms with Crippen LogP contribution < -0.4 is 14.8 Å². The first-order chi connectivity index (χ1) is 11.6. The number of fused-ring (bicyclic) bond motifs is 3. The van der Waals surface area contributed by atoms with E-state index in [-0.39, 0.29) is 18.2 Å². The highest BCUT2D eigenvalue weighted by Crippen LogP contribution is 2.36. The number of hydrogen-bond donors (Lipinski definition) is 2. The predicted octanol–water partition coefficient (Wildman–Crippen LogP) is 2.24. The van der Waals surface area contributed by atoms with Gasteiger partial charge in [0.1, 0.15) is 11.8 Å². The van der Waals surface area contributed by atoms with Crippen LogP contribution in [0.2, 0.25) is 0 Å².